The molecule has 3 heteroatoms. The van der Waals surface area contributed by atoms with Crippen LogP contribution in [0.1, 0.15) is 21.5 Å². The van der Waals surface area contributed by atoms with Crippen LogP contribution in [-0.2, 0) is 6.54 Å². The lowest BCUT2D eigenvalue weighted by Crippen LogP contribution is -2.00. The zero-order chi connectivity index (χ0) is 14.7. The van der Waals surface area contributed by atoms with Gasteiger partial charge in [0.05, 0.1) is 12.1 Å². The van der Waals surface area contributed by atoms with E-state index >= 15 is 0 Å². The highest BCUT2D eigenvalue weighted by Gasteiger charge is 2.12. The first-order valence-corrected chi connectivity index (χ1v) is 6.90. The molecule has 2 aromatic carbocycles. The first-order valence-electron chi connectivity index (χ1n) is 6.90. The maximum Gasteiger partial charge on any atom is 0.153 e. The van der Waals surface area contributed by atoms with E-state index in [1.54, 1.807) is 0 Å². The van der Waals surface area contributed by atoms with E-state index in [1.807, 2.05) is 60.3 Å². The van der Waals surface area contributed by atoms with Crippen LogP contribution in [0.15, 0.2) is 60.8 Å². The molecule has 0 aliphatic heterocycles. The van der Waals surface area contributed by atoms with E-state index in [2.05, 4.69) is 17.2 Å². The van der Waals surface area contributed by atoms with E-state index in [-0.39, 0.29) is 0 Å². The number of carbonyl (C=O) groups is 1. The Hall–Kier alpha value is -2.68. The van der Waals surface area contributed by atoms with Crippen molar-refractivity contribution < 1.29 is 4.79 Å². The maximum absolute atomic E-state index is 11.3. The monoisotopic (exact) mass is 276 g/mol. The van der Waals surface area contributed by atoms with Gasteiger partial charge in [0.25, 0.3) is 0 Å². The molecule has 0 unspecified atom stereocenters. The van der Waals surface area contributed by atoms with E-state index in [0.717, 1.165) is 28.7 Å². The molecule has 3 aromatic rings. The summed E-state index contributed by atoms with van der Waals surface area (Å²) in [6.45, 7) is 2.69. The molecule has 1 aromatic heterocycles. The summed E-state index contributed by atoms with van der Waals surface area (Å²) in [7, 11) is 0. The van der Waals surface area contributed by atoms with Gasteiger partial charge in [-0.05, 0) is 18.1 Å². The summed E-state index contributed by atoms with van der Waals surface area (Å²) in [6, 6.07) is 18.1. The normalized spacial score (nSPS) is 10.5. The minimum atomic E-state index is 0.625. The van der Waals surface area contributed by atoms with Gasteiger partial charge in [0.1, 0.15) is 5.69 Å². The zero-order valence-electron chi connectivity index (χ0n) is 11.9. The number of hydrogen-bond donors (Lipinski definition) is 0. The number of carbonyl (C=O) groups excluding carboxylic acids is 1. The Labute approximate surface area is 123 Å². The molecule has 1 heterocycles. The van der Waals surface area contributed by atoms with Gasteiger partial charge in [0.2, 0.25) is 0 Å². The first-order chi connectivity index (χ1) is 10.3. The van der Waals surface area contributed by atoms with Crippen molar-refractivity contribution in [3.8, 4) is 11.3 Å². The van der Waals surface area contributed by atoms with Crippen LogP contribution in [0, 0.1) is 6.92 Å². The number of aryl methyl sites for hydroxylation is 1. The van der Waals surface area contributed by atoms with Gasteiger partial charge < -0.3 is 0 Å². The Morgan fingerprint density at radius 3 is 2.48 bits per heavy atom. The molecule has 0 aliphatic rings. The summed E-state index contributed by atoms with van der Waals surface area (Å²) in [5.74, 6) is 0. The van der Waals surface area contributed by atoms with Crippen molar-refractivity contribution >= 4 is 6.29 Å². The SMILES string of the molecule is Cc1ccccc1-c1nn(Cc2ccccc2)cc1C=O. The third-order valence-corrected chi connectivity index (χ3v) is 3.50. The van der Waals surface area contributed by atoms with Crippen LogP contribution in [0.25, 0.3) is 11.3 Å². The Kier molecular flexibility index (Phi) is 3.65. The molecule has 0 saturated heterocycles. The third-order valence-electron chi connectivity index (χ3n) is 3.50. The highest BCUT2D eigenvalue weighted by atomic mass is 16.1. The van der Waals surface area contributed by atoms with E-state index in [9.17, 15) is 4.79 Å². The number of hydrogen-bond acceptors (Lipinski definition) is 2. The summed E-state index contributed by atoms with van der Waals surface area (Å²) >= 11 is 0. The summed E-state index contributed by atoms with van der Waals surface area (Å²) in [5.41, 5.74) is 4.66. The molecule has 0 N–H and O–H groups in total. The highest BCUT2D eigenvalue weighted by Crippen LogP contribution is 2.24. The summed E-state index contributed by atoms with van der Waals surface area (Å²) in [6.07, 6.45) is 2.68. The molecule has 0 fully saturated rings. The Morgan fingerprint density at radius 1 is 1.05 bits per heavy atom. The molecule has 0 saturated carbocycles. The van der Waals surface area contributed by atoms with E-state index in [4.69, 9.17) is 0 Å². The predicted molar refractivity (Wildman–Crippen MR) is 83.3 cm³/mol. The van der Waals surface area contributed by atoms with E-state index < -0.39 is 0 Å². The van der Waals surface area contributed by atoms with Gasteiger partial charge in [-0.25, -0.2) is 0 Å². The van der Waals surface area contributed by atoms with Crippen LogP contribution < -0.4 is 0 Å². The molecule has 0 radical (unpaired) electrons. The van der Waals surface area contributed by atoms with Crippen LogP contribution in [-0.4, -0.2) is 16.1 Å². The molecule has 3 nitrogen and oxygen atoms in total. The zero-order valence-corrected chi connectivity index (χ0v) is 11.9. The van der Waals surface area contributed by atoms with Crippen molar-refractivity contribution in [2.45, 2.75) is 13.5 Å². The van der Waals surface area contributed by atoms with Crippen LogP contribution in [0.5, 0.6) is 0 Å². The lowest BCUT2D eigenvalue weighted by molar-refractivity contribution is 0.112. The van der Waals surface area contributed by atoms with Crippen molar-refractivity contribution in [1.82, 2.24) is 9.78 Å². The van der Waals surface area contributed by atoms with Crippen molar-refractivity contribution in [3.05, 3.63) is 77.5 Å². The van der Waals surface area contributed by atoms with Gasteiger partial charge in [-0.2, -0.15) is 5.10 Å². The van der Waals surface area contributed by atoms with Crippen molar-refractivity contribution in [2.24, 2.45) is 0 Å². The first kappa shape index (κ1) is 13.3. The topological polar surface area (TPSA) is 34.9 Å². The lowest BCUT2D eigenvalue weighted by Gasteiger charge is -2.03. The number of aldehydes is 1. The summed E-state index contributed by atoms with van der Waals surface area (Å²) in [4.78, 5) is 11.3. The van der Waals surface area contributed by atoms with Crippen molar-refractivity contribution in [1.29, 1.82) is 0 Å². The second-order valence-electron chi connectivity index (χ2n) is 5.05. The molecule has 0 bridgehead atoms. The molecular formula is C18H16N2O. The second kappa shape index (κ2) is 5.75. The minimum Gasteiger partial charge on any atom is -0.298 e. The Balaban J connectivity index is 1.99. The van der Waals surface area contributed by atoms with Gasteiger partial charge in [0, 0.05) is 11.8 Å². The molecular weight excluding hydrogens is 260 g/mol. The van der Waals surface area contributed by atoms with Gasteiger partial charge in [0.15, 0.2) is 6.29 Å². The van der Waals surface area contributed by atoms with Gasteiger partial charge >= 0.3 is 0 Å². The van der Waals surface area contributed by atoms with E-state index in [1.165, 1.54) is 0 Å². The lowest BCUT2D eigenvalue weighted by atomic mass is 10.0. The van der Waals surface area contributed by atoms with Crippen LogP contribution in [0.3, 0.4) is 0 Å². The number of benzene rings is 2. The van der Waals surface area contributed by atoms with Gasteiger partial charge in [-0.3, -0.25) is 9.48 Å². The Bertz CT molecular complexity index is 760. The van der Waals surface area contributed by atoms with Crippen molar-refractivity contribution in [3.63, 3.8) is 0 Å². The fourth-order valence-corrected chi connectivity index (χ4v) is 2.42. The number of aromatic nitrogens is 2. The molecule has 0 atom stereocenters. The largest absolute Gasteiger partial charge is 0.298 e. The highest BCUT2D eigenvalue weighted by molar-refractivity contribution is 5.86. The standard InChI is InChI=1S/C18H16N2O/c1-14-7-5-6-10-17(14)18-16(13-21)12-20(19-18)11-15-8-3-2-4-9-15/h2-10,12-13H,11H2,1H3. The average Bonchev–Trinajstić information content (AvgIpc) is 2.91. The second-order valence-corrected chi connectivity index (χ2v) is 5.05. The Morgan fingerprint density at radius 2 is 1.76 bits per heavy atom. The van der Waals surface area contributed by atoms with Gasteiger partial charge in [-0.15, -0.1) is 0 Å². The molecule has 21 heavy (non-hydrogen) atoms. The fraction of sp³-hybridized carbons (Fsp3) is 0.111. The van der Waals surface area contributed by atoms with E-state index in [0.29, 0.717) is 12.1 Å². The van der Waals surface area contributed by atoms with Crippen LogP contribution in [0.2, 0.25) is 0 Å². The molecule has 0 spiro atoms. The average molecular weight is 276 g/mol. The van der Waals surface area contributed by atoms with Crippen LogP contribution >= 0.6 is 0 Å². The minimum absolute atomic E-state index is 0.625. The third kappa shape index (κ3) is 2.77. The van der Waals surface area contributed by atoms with Crippen LogP contribution in [0.4, 0.5) is 0 Å². The number of rotatable bonds is 4. The number of nitrogens with zero attached hydrogens (tertiary/aromatic N) is 2. The van der Waals surface area contributed by atoms with Crippen molar-refractivity contribution in [2.75, 3.05) is 0 Å². The maximum atomic E-state index is 11.3. The molecule has 3 rings (SSSR count). The summed E-state index contributed by atoms with van der Waals surface area (Å²) in [5, 5.41) is 4.59. The molecule has 104 valence electrons. The summed E-state index contributed by atoms with van der Waals surface area (Å²) < 4.78 is 1.82. The molecule has 0 amide bonds. The fourth-order valence-electron chi connectivity index (χ4n) is 2.42. The smallest absolute Gasteiger partial charge is 0.153 e. The molecule has 0 aliphatic carbocycles. The predicted octanol–water partition coefficient (Wildman–Crippen LogP) is 3.72. The quantitative estimate of drug-likeness (QED) is 0.681. The van der Waals surface area contributed by atoms with Gasteiger partial charge in [-0.1, -0.05) is 54.6 Å².